The molecule has 0 atom stereocenters. The van der Waals surface area contributed by atoms with Crippen LogP contribution in [-0.2, 0) is 0 Å². The third-order valence-corrected chi connectivity index (χ3v) is 3.58. The second-order valence-electron chi connectivity index (χ2n) is 5.85. The molecule has 0 saturated carbocycles. The maximum atomic E-state index is 3.26. The van der Waals surface area contributed by atoms with E-state index in [0.717, 1.165) is 0 Å². The zero-order valence-electron chi connectivity index (χ0n) is 19.2. The maximum absolute atomic E-state index is 3.26. The molecule has 0 saturated heterocycles. The quantitative estimate of drug-likeness (QED) is 0.151. The molecule has 0 unspecified atom stereocenters. The van der Waals surface area contributed by atoms with E-state index in [-0.39, 0.29) is 0 Å². The third-order valence-electron chi connectivity index (χ3n) is 3.58. The Morgan fingerprint density at radius 2 is 1.04 bits per heavy atom. The van der Waals surface area contributed by atoms with Crippen LogP contribution >= 0.6 is 0 Å². The molecule has 0 aliphatic rings. The van der Waals surface area contributed by atoms with Gasteiger partial charge in [-0.2, -0.15) is 5.53 Å². The minimum atomic E-state index is 1.17. The molecule has 4 heteroatoms. The van der Waals surface area contributed by atoms with Crippen molar-refractivity contribution in [1.82, 2.24) is 16.0 Å². The van der Waals surface area contributed by atoms with Gasteiger partial charge in [0.25, 0.3) is 0 Å². The van der Waals surface area contributed by atoms with Gasteiger partial charge in [-0.3, -0.25) is 0 Å². The van der Waals surface area contributed by atoms with Crippen molar-refractivity contribution in [2.24, 2.45) is 4.99 Å². The van der Waals surface area contributed by atoms with Crippen molar-refractivity contribution in [3.8, 4) is 0 Å². The number of nitrogens with one attached hydrogen (secondary N) is 2. The summed E-state index contributed by atoms with van der Waals surface area (Å²) in [6, 6.07) is 0. The van der Waals surface area contributed by atoms with Gasteiger partial charge >= 0.3 is 0 Å². The van der Waals surface area contributed by atoms with E-state index in [1.165, 1.54) is 83.7 Å². The Hall–Kier alpha value is -0.710. The van der Waals surface area contributed by atoms with Crippen LogP contribution in [0.2, 0.25) is 0 Å². The second kappa shape index (κ2) is 39.4. The summed E-state index contributed by atoms with van der Waals surface area (Å²) in [5, 5.41) is 2.34. The van der Waals surface area contributed by atoms with Crippen molar-refractivity contribution in [2.45, 2.75) is 98.3 Å². The highest BCUT2D eigenvalue weighted by Crippen LogP contribution is 2.07. The van der Waals surface area contributed by atoms with Crippen molar-refractivity contribution in [2.75, 3.05) is 27.2 Å². The lowest BCUT2D eigenvalue weighted by Gasteiger charge is -2.22. The molecule has 2 N–H and O–H groups in total. The number of hydrogen-bond acceptors (Lipinski definition) is 4. The lowest BCUT2D eigenvalue weighted by molar-refractivity contribution is 0.153. The van der Waals surface area contributed by atoms with Crippen LogP contribution in [0.1, 0.15) is 98.3 Å². The predicted octanol–water partition coefficient (Wildman–Crippen LogP) is 6.40. The monoisotopic (exact) mass is 372 g/mol. The van der Waals surface area contributed by atoms with E-state index in [1.54, 1.807) is 7.05 Å². The normalized spacial score (nSPS) is 9.19. The summed E-state index contributed by atoms with van der Waals surface area (Å²) in [6.45, 7) is 20.0. The Morgan fingerprint density at radius 3 is 1.35 bits per heavy atom. The minimum Gasteiger partial charge on any atom is -0.304 e. The number of aliphatic imine (C=N–C) groups is 1. The van der Waals surface area contributed by atoms with Gasteiger partial charge in [-0.1, -0.05) is 85.5 Å². The summed E-state index contributed by atoms with van der Waals surface area (Å²) < 4.78 is 0. The van der Waals surface area contributed by atoms with Gasteiger partial charge in [-0.15, -0.1) is 13.2 Å². The fraction of sp³-hybridized carbons (Fsp3) is 0.864. The topological polar surface area (TPSA) is 39.7 Å². The fourth-order valence-corrected chi connectivity index (χ4v) is 2.37. The van der Waals surface area contributed by atoms with Gasteiger partial charge in [-0.25, -0.2) is 10.4 Å². The molecule has 0 rings (SSSR count). The van der Waals surface area contributed by atoms with E-state index in [0.29, 0.717) is 0 Å². The zero-order chi connectivity index (χ0) is 20.9. The molecule has 0 radical (unpaired) electrons. The van der Waals surface area contributed by atoms with Gasteiger partial charge in [0.05, 0.1) is 0 Å². The van der Waals surface area contributed by atoms with E-state index in [4.69, 9.17) is 0 Å². The van der Waals surface area contributed by atoms with Crippen molar-refractivity contribution in [3.63, 3.8) is 0 Å². The lowest BCUT2D eigenvalue weighted by Crippen LogP contribution is -2.46. The van der Waals surface area contributed by atoms with Crippen LogP contribution in [0.15, 0.2) is 18.2 Å². The molecule has 0 fully saturated rings. The number of unbranched alkanes of at least 4 members (excludes halogenated alkanes) is 9. The van der Waals surface area contributed by atoms with Gasteiger partial charge in [-0.05, 0) is 26.6 Å². The predicted molar refractivity (Wildman–Crippen MR) is 124 cm³/mol. The van der Waals surface area contributed by atoms with Crippen molar-refractivity contribution >= 4 is 6.72 Å². The van der Waals surface area contributed by atoms with Crippen LogP contribution < -0.4 is 11.0 Å². The SMILES string of the molecule is C=C.C=NC.CC.CCCCCCCCN(CCCCCCC)NNC. The van der Waals surface area contributed by atoms with E-state index >= 15 is 0 Å². The lowest BCUT2D eigenvalue weighted by atomic mass is 10.1. The molecular formula is C22H52N4. The fourth-order valence-electron chi connectivity index (χ4n) is 2.37. The summed E-state index contributed by atoms with van der Waals surface area (Å²) >= 11 is 0. The molecule has 0 aromatic heterocycles. The van der Waals surface area contributed by atoms with E-state index in [2.05, 4.69) is 54.7 Å². The van der Waals surface area contributed by atoms with Crippen molar-refractivity contribution in [3.05, 3.63) is 13.2 Å². The van der Waals surface area contributed by atoms with Crippen LogP contribution in [0.4, 0.5) is 0 Å². The van der Waals surface area contributed by atoms with Crippen LogP contribution in [0.3, 0.4) is 0 Å². The average molecular weight is 373 g/mol. The molecule has 26 heavy (non-hydrogen) atoms. The molecular weight excluding hydrogens is 320 g/mol. The van der Waals surface area contributed by atoms with Crippen LogP contribution in [0.25, 0.3) is 0 Å². The Balaban J connectivity index is -0.000000302. The molecule has 0 aromatic rings. The molecule has 4 nitrogen and oxygen atoms in total. The van der Waals surface area contributed by atoms with Gasteiger partial charge in [0.15, 0.2) is 0 Å². The number of rotatable bonds is 15. The van der Waals surface area contributed by atoms with Gasteiger partial charge in [0, 0.05) is 20.1 Å². The zero-order valence-corrected chi connectivity index (χ0v) is 19.2. The van der Waals surface area contributed by atoms with Crippen LogP contribution in [0, 0.1) is 0 Å². The molecule has 0 aromatic carbocycles. The Bertz CT molecular complexity index is 210. The largest absolute Gasteiger partial charge is 0.304 e. The van der Waals surface area contributed by atoms with Gasteiger partial charge in [0.2, 0.25) is 0 Å². The highest BCUT2D eigenvalue weighted by atomic mass is 15.7. The molecule has 160 valence electrons. The standard InChI is InChI=1S/C16H37N3.C2H5N.C2H6.C2H4/c1-4-6-8-10-12-14-16-19(18-17-3)15-13-11-9-7-5-2;1-3-2;2*1-2/h17-18H,4-16H2,1-3H3;1H2,2H3;1-2H3;1-2H2. The summed E-state index contributed by atoms with van der Waals surface area (Å²) in [6.07, 6.45) is 15.0. The maximum Gasteiger partial charge on any atom is 0.0269 e. The Morgan fingerprint density at radius 1 is 0.731 bits per heavy atom. The molecule has 0 aliphatic heterocycles. The summed E-state index contributed by atoms with van der Waals surface area (Å²) in [5.41, 5.74) is 6.32. The van der Waals surface area contributed by atoms with E-state index in [9.17, 15) is 0 Å². The average Bonchev–Trinajstić information content (AvgIpc) is 2.68. The molecule has 0 spiro atoms. The Kier molecular flexibility index (Phi) is 49.9. The first-order chi connectivity index (χ1) is 12.8. The minimum absolute atomic E-state index is 1.17. The van der Waals surface area contributed by atoms with E-state index < -0.39 is 0 Å². The first-order valence-corrected chi connectivity index (χ1v) is 10.8. The third kappa shape index (κ3) is 38.7. The highest BCUT2D eigenvalue weighted by Gasteiger charge is 2.02. The van der Waals surface area contributed by atoms with Gasteiger partial charge in [0.1, 0.15) is 0 Å². The molecule has 0 heterocycles. The number of nitrogens with zero attached hydrogens (tertiary/aromatic N) is 2. The van der Waals surface area contributed by atoms with Crippen molar-refractivity contribution < 1.29 is 0 Å². The van der Waals surface area contributed by atoms with Gasteiger partial charge < -0.3 is 4.99 Å². The summed E-state index contributed by atoms with van der Waals surface area (Å²) in [4.78, 5) is 3.25. The first-order valence-electron chi connectivity index (χ1n) is 10.8. The summed E-state index contributed by atoms with van der Waals surface area (Å²) in [5.74, 6) is 0. The van der Waals surface area contributed by atoms with Crippen molar-refractivity contribution in [1.29, 1.82) is 0 Å². The smallest absolute Gasteiger partial charge is 0.0269 e. The number of hydrogen-bond donors (Lipinski definition) is 2. The van der Waals surface area contributed by atoms with Crippen LogP contribution in [-0.4, -0.2) is 38.9 Å². The Labute approximate surface area is 166 Å². The second-order valence-corrected chi connectivity index (χ2v) is 5.85. The summed E-state index contributed by atoms with van der Waals surface area (Å²) in [7, 11) is 3.59. The highest BCUT2D eigenvalue weighted by molar-refractivity contribution is 5.22. The molecule has 0 amide bonds. The number of hydrazine groups is 2. The van der Waals surface area contributed by atoms with Crippen LogP contribution in [0.5, 0.6) is 0 Å². The molecule has 0 aliphatic carbocycles. The molecule has 0 bridgehead atoms. The van der Waals surface area contributed by atoms with E-state index in [1.807, 2.05) is 20.9 Å². The first kappa shape index (κ1) is 32.9.